The van der Waals surface area contributed by atoms with Gasteiger partial charge in [0, 0.05) is 4.47 Å². The molecule has 0 saturated carbocycles. The van der Waals surface area contributed by atoms with E-state index in [1.165, 1.54) is 12.1 Å². The SMILES string of the molecule is CCOC(=O)c1nnn(CC(=O)Nc2ccc(Br)cc2F)c1C(=O)OCC. The minimum atomic E-state index is -0.881. The molecule has 0 aliphatic rings. The van der Waals surface area contributed by atoms with E-state index in [1.54, 1.807) is 19.9 Å². The second kappa shape index (κ2) is 9.21. The van der Waals surface area contributed by atoms with Gasteiger partial charge in [0.15, 0.2) is 5.69 Å². The molecule has 2 rings (SSSR count). The predicted octanol–water partition coefficient (Wildman–Crippen LogP) is 2.17. The summed E-state index contributed by atoms with van der Waals surface area (Å²) < 4.78 is 25.0. The second-order valence-electron chi connectivity index (χ2n) is 5.06. The first-order valence-corrected chi connectivity index (χ1v) is 8.69. The van der Waals surface area contributed by atoms with Crippen LogP contribution in [0.5, 0.6) is 0 Å². The number of benzene rings is 1. The molecule has 1 amide bonds. The topological polar surface area (TPSA) is 112 Å². The summed E-state index contributed by atoms with van der Waals surface area (Å²) in [5.74, 6) is -3.07. The highest BCUT2D eigenvalue weighted by Crippen LogP contribution is 2.19. The van der Waals surface area contributed by atoms with E-state index >= 15 is 0 Å². The number of ether oxygens (including phenoxy) is 2. The Morgan fingerprint density at radius 1 is 1.19 bits per heavy atom. The molecule has 0 fully saturated rings. The van der Waals surface area contributed by atoms with Crippen LogP contribution in [0, 0.1) is 5.82 Å². The van der Waals surface area contributed by atoms with Crippen LogP contribution in [-0.4, -0.2) is 46.1 Å². The van der Waals surface area contributed by atoms with E-state index in [4.69, 9.17) is 9.47 Å². The summed E-state index contributed by atoms with van der Waals surface area (Å²) in [7, 11) is 0. The molecular formula is C16H16BrFN4O5. The normalized spacial score (nSPS) is 10.4. The van der Waals surface area contributed by atoms with Gasteiger partial charge in [0.05, 0.1) is 18.9 Å². The number of anilines is 1. The van der Waals surface area contributed by atoms with Gasteiger partial charge in [0.2, 0.25) is 11.6 Å². The molecule has 1 aromatic heterocycles. The van der Waals surface area contributed by atoms with Crippen molar-refractivity contribution < 1.29 is 28.2 Å². The smallest absolute Gasteiger partial charge is 0.361 e. The monoisotopic (exact) mass is 442 g/mol. The number of nitrogens with zero attached hydrogens (tertiary/aromatic N) is 3. The lowest BCUT2D eigenvalue weighted by atomic mass is 10.3. The van der Waals surface area contributed by atoms with Crippen molar-refractivity contribution in [2.24, 2.45) is 0 Å². The van der Waals surface area contributed by atoms with Crippen molar-refractivity contribution in [3.05, 3.63) is 39.9 Å². The Kier molecular flexibility index (Phi) is 6.99. The molecule has 0 unspecified atom stereocenters. The fraction of sp³-hybridized carbons (Fsp3) is 0.312. The van der Waals surface area contributed by atoms with Crippen molar-refractivity contribution >= 4 is 39.5 Å². The van der Waals surface area contributed by atoms with E-state index in [2.05, 4.69) is 31.6 Å². The molecule has 0 aliphatic heterocycles. The summed E-state index contributed by atoms with van der Waals surface area (Å²) in [6.07, 6.45) is 0. The minimum absolute atomic E-state index is 0.0442. The molecule has 1 aromatic carbocycles. The maximum atomic E-state index is 13.8. The standard InChI is InChI=1S/C16H16BrFN4O5/c1-3-26-15(24)13-14(16(25)27-4-2)22(21-20-13)8-12(23)19-11-6-5-9(17)7-10(11)18/h5-7H,3-4,8H2,1-2H3,(H,19,23). The molecule has 1 heterocycles. The van der Waals surface area contributed by atoms with Crippen LogP contribution in [0.15, 0.2) is 22.7 Å². The second-order valence-corrected chi connectivity index (χ2v) is 5.97. The first-order valence-electron chi connectivity index (χ1n) is 7.90. The molecule has 0 bridgehead atoms. The van der Waals surface area contributed by atoms with Gasteiger partial charge in [-0.1, -0.05) is 21.1 Å². The molecule has 0 saturated heterocycles. The average molecular weight is 443 g/mol. The lowest BCUT2D eigenvalue weighted by Crippen LogP contribution is -2.24. The molecular weight excluding hydrogens is 427 g/mol. The molecule has 9 nitrogen and oxygen atoms in total. The molecule has 0 atom stereocenters. The summed E-state index contributed by atoms with van der Waals surface area (Å²) in [6.45, 7) is 2.79. The van der Waals surface area contributed by atoms with Crippen LogP contribution < -0.4 is 5.32 Å². The molecule has 0 spiro atoms. The highest BCUT2D eigenvalue weighted by atomic mass is 79.9. The number of carbonyl (C=O) groups excluding carboxylic acids is 3. The number of halogens is 2. The Hall–Kier alpha value is -2.82. The molecule has 144 valence electrons. The van der Waals surface area contributed by atoms with Gasteiger partial charge in [-0.25, -0.2) is 18.7 Å². The number of hydrogen-bond donors (Lipinski definition) is 1. The Morgan fingerprint density at radius 3 is 2.48 bits per heavy atom. The van der Waals surface area contributed by atoms with Crippen molar-refractivity contribution in [3.8, 4) is 0 Å². The Balaban J connectivity index is 2.25. The number of hydrogen-bond acceptors (Lipinski definition) is 7. The van der Waals surface area contributed by atoms with E-state index in [0.717, 1.165) is 4.68 Å². The van der Waals surface area contributed by atoms with Crippen LogP contribution in [0.1, 0.15) is 34.8 Å². The predicted molar refractivity (Wildman–Crippen MR) is 94.7 cm³/mol. The van der Waals surface area contributed by atoms with Gasteiger partial charge in [-0.15, -0.1) is 5.10 Å². The molecule has 1 N–H and O–H groups in total. The lowest BCUT2D eigenvalue weighted by molar-refractivity contribution is -0.117. The van der Waals surface area contributed by atoms with E-state index < -0.39 is 30.2 Å². The van der Waals surface area contributed by atoms with Crippen LogP contribution >= 0.6 is 15.9 Å². The van der Waals surface area contributed by atoms with Crippen LogP contribution in [0.4, 0.5) is 10.1 Å². The Morgan fingerprint density at radius 2 is 1.85 bits per heavy atom. The van der Waals surface area contributed by atoms with Gasteiger partial charge in [-0.2, -0.15) is 0 Å². The van der Waals surface area contributed by atoms with Crippen molar-refractivity contribution in [2.75, 3.05) is 18.5 Å². The number of esters is 2. The summed E-state index contributed by atoms with van der Waals surface area (Å²) in [6, 6.07) is 4.11. The fourth-order valence-corrected chi connectivity index (χ4v) is 2.41. The summed E-state index contributed by atoms with van der Waals surface area (Å²) in [5, 5.41) is 9.60. The third-order valence-electron chi connectivity index (χ3n) is 3.17. The number of rotatable bonds is 7. The summed E-state index contributed by atoms with van der Waals surface area (Å²) in [4.78, 5) is 36.3. The van der Waals surface area contributed by atoms with Crippen LogP contribution in [0.2, 0.25) is 0 Å². The maximum absolute atomic E-state index is 13.8. The van der Waals surface area contributed by atoms with Crippen molar-refractivity contribution in [1.29, 1.82) is 0 Å². The third kappa shape index (κ3) is 5.09. The average Bonchev–Trinajstić information content (AvgIpc) is 3.01. The number of carbonyl (C=O) groups is 3. The number of aromatic nitrogens is 3. The van der Waals surface area contributed by atoms with E-state index in [1.807, 2.05) is 0 Å². The highest BCUT2D eigenvalue weighted by molar-refractivity contribution is 9.10. The van der Waals surface area contributed by atoms with Crippen LogP contribution in [0.3, 0.4) is 0 Å². The van der Waals surface area contributed by atoms with Gasteiger partial charge in [0.25, 0.3) is 0 Å². The van der Waals surface area contributed by atoms with Gasteiger partial charge >= 0.3 is 11.9 Å². The molecule has 27 heavy (non-hydrogen) atoms. The quantitative estimate of drug-likeness (QED) is 0.653. The Labute approximate surface area is 161 Å². The largest absolute Gasteiger partial charge is 0.461 e. The van der Waals surface area contributed by atoms with Crippen molar-refractivity contribution in [2.45, 2.75) is 20.4 Å². The first-order chi connectivity index (χ1) is 12.9. The number of amides is 1. The Bertz CT molecular complexity index is 870. The zero-order chi connectivity index (χ0) is 20.0. The van der Waals surface area contributed by atoms with Crippen LogP contribution in [-0.2, 0) is 20.8 Å². The lowest BCUT2D eigenvalue weighted by Gasteiger charge is -2.09. The molecule has 0 aliphatic carbocycles. The first kappa shape index (κ1) is 20.5. The zero-order valence-electron chi connectivity index (χ0n) is 14.5. The van der Waals surface area contributed by atoms with Crippen molar-refractivity contribution in [3.63, 3.8) is 0 Å². The van der Waals surface area contributed by atoms with E-state index in [-0.39, 0.29) is 30.3 Å². The number of nitrogens with one attached hydrogen (secondary N) is 1. The highest BCUT2D eigenvalue weighted by Gasteiger charge is 2.28. The molecule has 11 heteroatoms. The van der Waals surface area contributed by atoms with Gasteiger partial charge < -0.3 is 14.8 Å². The van der Waals surface area contributed by atoms with Crippen molar-refractivity contribution in [1.82, 2.24) is 15.0 Å². The van der Waals surface area contributed by atoms with E-state index in [0.29, 0.717) is 4.47 Å². The molecule has 2 aromatic rings. The zero-order valence-corrected chi connectivity index (χ0v) is 16.1. The summed E-state index contributed by atoms with van der Waals surface area (Å²) >= 11 is 3.12. The summed E-state index contributed by atoms with van der Waals surface area (Å²) in [5.41, 5.74) is -0.730. The van der Waals surface area contributed by atoms with Gasteiger partial charge in [-0.05, 0) is 32.0 Å². The fourth-order valence-electron chi connectivity index (χ4n) is 2.08. The van der Waals surface area contributed by atoms with Crippen LogP contribution in [0.25, 0.3) is 0 Å². The third-order valence-corrected chi connectivity index (χ3v) is 3.66. The maximum Gasteiger partial charge on any atom is 0.361 e. The van der Waals surface area contributed by atoms with E-state index in [9.17, 15) is 18.8 Å². The van der Waals surface area contributed by atoms with Gasteiger partial charge in [-0.3, -0.25) is 4.79 Å². The minimum Gasteiger partial charge on any atom is -0.461 e. The van der Waals surface area contributed by atoms with Gasteiger partial charge in [0.1, 0.15) is 12.4 Å². The molecule has 0 radical (unpaired) electrons.